The van der Waals surface area contributed by atoms with E-state index in [0.717, 1.165) is 16.3 Å². The van der Waals surface area contributed by atoms with Gasteiger partial charge in [0, 0.05) is 21.5 Å². The Kier molecular flexibility index (Phi) is 5.45. The van der Waals surface area contributed by atoms with E-state index in [1.54, 1.807) is 29.5 Å². The van der Waals surface area contributed by atoms with Crippen molar-refractivity contribution >= 4 is 34.7 Å². The monoisotopic (exact) mass is 376 g/mol. The van der Waals surface area contributed by atoms with Crippen molar-refractivity contribution in [3.63, 3.8) is 0 Å². The third kappa shape index (κ3) is 4.43. The summed E-state index contributed by atoms with van der Waals surface area (Å²) in [6, 6.07) is 13.6. The van der Waals surface area contributed by atoms with E-state index >= 15 is 0 Å². The average molecular weight is 376 g/mol. The van der Waals surface area contributed by atoms with Crippen LogP contribution < -0.4 is 5.32 Å². The normalized spacial score (nSPS) is 10.9. The molecule has 0 radical (unpaired) electrons. The second kappa shape index (κ2) is 7.76. The van der Waals surface area contributed by atoms with Gasteiger partial charge in [-0.3, -0.25) is 4.79 Å². The third-order valence-electron chi connectivity index (χ3n) is 3.38. The molecule has 1 heterocycles. The third-order valence-corrected chi connectivity index (χ3v) is 4.94. The molecule has 0 saturated carbocycles. The Labute approximate surface area is 152 Å². The van der Waals surface area contributed by atoms with Gasteiger partial charge in [-0.1, -0.05) is 36.0 Å². The molecule has 0 atom stereocenters. The Bertz CT molecular complexity index is 896. The highest BCUT2D eigenvalue weighted by Crippen LogP contribution is 2.29. The standard InChI is InChI=1S/C18H14F2N2OS2/c1-11-21-15(10-24-11)12-5-4-6-13(9-12)22-17(23)14-7-2-3-8-16(14)25-18(19)20/h2-10,18H,1H3,(H,22,23). The molecule has 1 amide bonds. The van der Waals surface area contributed by atoms with Crippen LogP contribution in [0.3, 0.4) is 0 Å². The lowest BCUT2D eigenvalue weighted by Gasteiger charge is -2.10. The molecular weight excluding hydrogens is 362 g/mol. The predicted octanol–water partition coefficient (Wildman–Crippen LogP) is 5.69. The summed E-state index contributed by atoms with van der Waals surface area (Å²) in [7, 11) is 0. The lowest BCUT2D eigenvalue weighted by atomic mass is 10.1. The fourth-order valence-corrected chi connectivity index (χ4v) is 3.56. The molecule has 0 aliphatic heterocycles. The van der Waals surface area contributed by atoms with Gasteiger partial charge < -0.3 is 5.32 Å². The number of anilines is 1. The van der Waals surface area contributed by atoms with Crippen LogP contribution in [0.15, 0.2) is 58.8 Å². The van der Waals surface area contributed by atoms with Crippen LogP contribution in [0.2, 0.25) is 0 Å². The van der Waals surface area contributed by atoms with Gasteiger partial charge in [0.05, 0.1) is 16.3 Å². The molecule has 3 nitrogen and oxygen atoms in total. The van der Waals surface area contributed by atoms with Crippen LogP contribution in [0, 0.1) is 6.92 Å². The number of halogens is 2. The minimum atomic E-state index is -2.58. The Balaban J connectivity index is 1.82. The molecule has 3 aromatic rings. The maximum absolute atomic E-state index is 12.7. The first kappa shape index (κ1) is 17.6. The summed E-state index contributed by atoms with van der Waals surface area (Å²) < 4.78 is 25.3. The lowest BCUT2D eigenvalue weighted by Crippen LogP contribution is -2.13. The first-order valence-electron chi connectivity index (χ1n) is 7.40. The summed E-state index contributed by atoms with van der Waals surface area (Å²) in [5.74, 6) is -3.00. The number of rotatable bonds is 5. The number of thiazole rings is 1. The topological polar surface area (TPSA) is 42.0 Å². The number of benzene rings is 2. The molecule has 7 heteroatoms. The number of nitrogens with zero attached hydrogens (tertiary/aromatic N) is 1. The van der Waals surface area contributed by atoms with Gasteiger partial charge in [-0.2, -0.15) is 8.78 Å². The molecule has 2 aromatic carbocycles. The zero-order valence-corrected chi connectivity index (χ0v) is 14.8. The van der Waals surface area contributed by atoms with Crippen molar-refractivity contribution in [2.45, 2.75) is 17.6 Å². The van der Waals surface area contributed by atoms with Gasteiger partial charge >= 0.3 is 0 Å². The second-order valence-corrected chi connectivity index (χ2v) is 7.26. The number of aryl methyl sites for hydroxylation is 1. The molecule has 1 aromatic heterocycles. The number of hydrogen-bond donors (Lipinski definition) is 1. The summed E-state index contributed by atoms with van der Waals surface area (Å²) in [4.78, 5) is 17.2. The molecule has 3 rings (SSSR count). The Hall–Kier alpha value is -2.25. The smallest absolute Gasteiger partial charge is 0.288 e. The lowest BCUT2D eigenvalue weighted by molar-refractivity contribution is 0.102. The molecule has 0 unspecified atom stereocenters. The highest BCUT2D eigenvalue weighted by molar-refractivity contribution is 7.99. The van der Waals surface area contributed by atoms with Crippen LogP contribution in [0.5, 0.6) is 0 Å². The van der Waals surface area contributed by atoms with Gasteiger partial charge in [-0.05, 0) is 31.2 Å². The van der Waals surface area contributed by atoms with E-state index in [2.05, 4.69) is 10.3 Å². The van der Waals surface area contributed by atoms with E-state index in [1.807, 2.05) is 30.5 Å². The number of carbonyl (C=O) groups is 1. The molecule has 128 valence electrons. The minimum absolute atomic E-state index is 0.225. The van der Waals surface area contributed by atoms with E-state index in [1.165, 1.54) is 12.1 Å². The van der Waals surface area contributed by atoms with Crippen LogP contribution in [0.25, 0.3) is 11.3 Å². The van der Waals surface area contributed by atoms with E-state index in [-0.39, 0.29) is 10.5 Å². The fourth-order valence-electron chi connectivity index (χ4n) is 2.30. The minimum Gasteiger partial charge on any atom is -0.322 e. The summed E-state index contributed by atoms with van der Waals surface area (Å²) in [5, 5.41) is 5.68. The molecule has 0 spiro atoms. The van der Waals surface area contributed by atoms with E-state index in [9.17, 15) is 13.6 Å². The van der Waals surface area contributed by atoms with Gasteiger partial charge in [0.25, 0.3) is 11.7 Å². The maximum atomic E-state index is 12.7. The highest BCUT2D eigenvalue weighted by Gasteiger charge is 2.15. The van der Waals surface area contributed by atoms with Crippen molar-refractivity contribution in [3.8, 4) is 11.3 Å². The molecule has 0 fully saturated rings. The summed E-state index contributed by atoms with van der Waals surface area (Å²) in [6.45, 7) is 1.93. The number of aromatic nitrogens is 1. The average Bonchev–Trinajstić information content (AvgIpc) is 3.01. The predicted molar refractivity (Wildman–Crippen MR) is 98.5 cm³/mol. The van der Waals surface area contributed by atoms with Gasteiger partial charge in [0.1, 0.15) is 0 Å². The molecule has 0 aliphatic rings. The summed E-state index contributed by atoms with van der Waals surface area (Å²) in [6.07, 6.45) is 0. The van der Waals surface area contributed by atoms with Crippen LogP contribution in [0.1, 0.15) is 15.4 Å². The van der Waals surface area contributed by atoms with Crippen LogP contribution >= 0.6 is 23.1 Å². The summed E-state index contributed by atoms with van der Waals surface area (Å²) in [5.41, 5.74) is 2.54. The van der Waals surface area contributed by atoms with E-state index in [4.69, 9.17) is 0 Å². The number of carbonyl (C=O) groups excluding carboxylic acids is 1. The van der Waals surface area contributed by atoms with Crippen molar-refractivity contribution < 1.29 is 13.6 Å². The number of thioether (sulfide) groups is 1. The number of hydrogen-bond acceptors (Lipinski definition) is 4. The first-order valence-corrected chi connectivity index (χ1v) is 9.16. The molecule has 0 bridgehead atoms. The van der Waals surface area contributed by atoms with Crippen molar-refractivity contribution in [2.75, 3.05) is 5.32 Å². The zero-order valence-electron chi connectivity index (χ0n) is 13.2. The largest absolute Gasteiger partial charge is 0.322 e. The van der Waals surface area contributed by atoms with Crippen LogP contribution in [-0.2, 0) is 0 Å². The Morgan fingerprint density at radius 2 is 2.00 bits per heavy atom. The van der Waals surface area contributed by atoms with Crippen LogP contribution in [0.4, 0.5) is 14.5 Å². The van der Waals surface area contributed by atoms with E-state index < -0.39 is 11.7 Å². The Morgan fingerprint density at radius 3 is 2.72 bits per heavy atom. The van der Waals surface area contributed by atoms with Gasteiger partial charge in [0.2, 0.25) is 0 Å². The molecule has 1 N–H and O–H groups in total. The molecule has 0 aliphatic carbocycles. The molecule has 25 heavy (non-hydrogen) atoms. The SMILES string of the molecule is Cc1nc(-c2cccc(NC(=O)c3ccccc3SC(F)F)c2)cs1. The first-order chi connectivity index (χ1) is 12.0. The molecular formula is C18H14F2N2OS2. The Morgan fingerprint density at radius 1 is 1.20 bits per heavy atom. The van der Waals surface area contributed by atoms with Crippen molar-refractivity contribution in [1.29, 1.82) is 0 Å². The summed E-state index contributed by atoms with van der Waals surface area (Å²) >= 11 is 1.92. The molecule has 0 saturated heterocycles. The fraction of sp³-hybridized carbons (Fsp3) is 0.111. The van der Waals surface area contributed by atoms with Crippen molar-refractivity contribution in [1.82, 2.24) is 4.98 Å². The van der Waals surface area contributed by atoms with Crippen molar-refractivity contribution in [3.05, 3.63) is 64.5 Å². The van der Waals surface area contributed by atoms with Crippen molar-refractivity contribution in [2.24, 2.45) is 0 Å². The van der Waals surface area contributed by atoms with Crippen LogP contribution in [-0.4, -0.2) is 16.6 Å². The van der Waals surface area contributed by atoms with E-state index in [0.29, 0.717) is 17.4 Å². The van der Waals surface area contributed by atoms with Gasteiger partial charge in [-0.15, -0.1) is 11.3 Å². The quantitative estimate of drug-likeness (QED) is 0.582. The maximum Gasteiger partial charge on any atom is 0.288 e. The van der Waals surface area contributed by atoms with Gasteiger partial charge in [0.15, 0.2) is 0 Å². The van der Waals surface area contributed by atoms with Gasteiger partial charge in [-0.25, -0.2) is 4.98 Å². The highest BCUT2D eigenvalue weighted by atomic mass is 32.2. The number of alkyl halides is 2. The number of amides is 1. The second-order valence-electron chi connectivity index (χ2n) is 5.16. The number of nitrogens with one attached hydrogen (secondary N) is 1. The zero-order chi connectivity index (χ0) is 17.8.